The topological polar surface area (TPSA) is 56.5 Å². The van der Waals surface area contributed by atoms with Crippen LogP contribution in [-0.4, -0.2) is 28.9 Å². The molecule has 0 aliphatic carbocycles. The predicted octanol–water partition coefficient (Wildman–Crippen LogP) is 3.90. The van der Waals surface area contributed by atoms with Crippen molar-refractivity contribution in [1.82, 2.24) is 9.55 Å². The summed E-state index contributed by atoms with van der Waals surface area (Å²) in [5.74, 6) is 1.25. The Morgan fingerprint density at radius 3 is 2.36 bits per heavy atom. The van der Waals surface area contributed by atoms with E-state index in [1.165, 1.54) is 0 Å². The van der Waals surface area contributed by atoms with Crippen LogP contribution in [0.5, 0.6) is 5.75 Å². The highest BCUT2D eigenvalue weighted by Crippen LogP contribution is 2.28. The van der Waals surface area contributed by atoms with Crippen molar-refractivity contribution in [3.8, 4) is 17.0 Å². The standard InChI is InChI=1S/C19H19ClN2O3/c1-24-12-22-17(13-3-7-15(20)8-4-13)11-21-19(22)18(23)14-5-9-16(25-2)10-6-14/h3-11,18,23H,12H2,1-2H3. The molecule has 1 N–H and O–H groups in total. The molecule has 0 saturated heterocycles. The van der Waals surface area contributed by atoms with Crippen LogP contribution in [0.2, 0.25) is 5.02 Å². The summed E-state index contributed by atoms with van der Waals surface area (Å²) in [7, 11) is 3.21. The van der Waals surface area contributed by atoms with Gasteiger partial charge in [0.05, 0.1) is 19.0 Å². The van der Waals surface area contributed by atoms with E-state index in [9.17, 15) is 5.11 Å². The van der Waals surface area contributed by atoms with Crippen molar-refractivity contribution >= 4 is 11.6 Å². The van der Waals surface area contributed by atoms with Gasteiger partial charge in [0.2, 0.25) is 0 Å². The molecule has 2 aromatic carbocycles. The van der Waals surface area contributed by atoms with Crippen LogP contribution >= 0.6 is 11.6 Å². The first-order valence-corrected chi connectivity index (χ1v) is 8.14. The second kappa shape index (κ2) is 7.70. The zero-order valence-corrected chi connectivity index (χ0v) is 14.8. The number of benzene rings is 2. The van der Waals surface area contributed by atoms with E-state index in [4.69, 9.17) is 21.1 Å². The number of halogens is 1. The molecule has 6 heteroatoms. The van der Waals surface area contributed by atoms with E-state index in [-0.39, 0.29) is 6.73 Å². The number of nitrogens with zero attached hydrogens (tertiary/aromatic N) is 2. The molecule has 3 aromatic rings. The van der Waals surface area contributed by atoms with Crippen molar-refractivity contribution in [2.45, 2.75) is 12.8 Å². The van der Waals surface area contributed by atoms with Crippen molar-refractivity contribution in [2.24, 2.45) is 0 Å². The quantitative estimate of drug-likeness (QED) is 0.726. The van der Waals surface area contributed by atoms with Gasteiger partial charge in [-0.1, -0.05) is 35.9 Å². The van der Waals surface area contributed by atoms with Crippen LogP contribution in [0.1, 0.15) is 17.5 Å². The lowest BCUT2D eigenvalue weighted by Crippen LogP contribution is -2.12. The lowest BCUT2D eigenvalue weighted by molar-refractivity contribution is 0.118. The van der Waals surface area contributed by atoms with E-state index in [0.29, 0.717) is 10.8 Å². The molecular weight excluding hydrogens is 340 g/mol. The SMILES string of the molecule is COCn1c(-c2ccc(Cl)cc2)cnc1C(O)c1ccc(OC)cc1. The largest absolute Gasteiger partial charge is 0.497 e. The van der Waals surface area contributed by atoms with Gasteiger partial charge in [0, 0.05) is 12.1 Å². The number of aliphatic hydroxyl groups is 1. The molecule has 1 aromatic heterocycles. The molecule has 0 spiro atoms. The van der Waals surface area contributed by atoms with Crippen molar-refractivity contribution in [1.29, 1.82) is 0 Å². The second-order valence-corrected chi connectivity index (χ2v) is 5.97. The summed E-state index contributed by atoms with van der Waals surface area (Å²) in [4.78, 5) is 4.42. The van der Waals surface area contributed by atoms with Crippen LogP contribution in [0.4, 0.5) is 0 Å². The molecule has 0 fully saturated rings. The van der Waals surface area contributed by atoms with Gasteiger partial charge in [0.1, 0.15) is 24.4 Å². The summed E-state index contributed by atoms with van der Waals surface area (Å²) in [5, 5.41) is 11.4. The molecule has 1 heterocycles. The number of rotatable bonds is 6. The average Bonchev–Trinajstić information content (AvgIpc) is 3.06. The van der Waals surface area contributed by atoms with E-state index < -0.39 is 6.10 Å². The molecule has 0 aliphatic heterocycles. The highest BCUT2D eigenvalue weighted by molar-refractivity contribution is 6.30. The molecule has 130 valence electrons. The van der Waals surface area contributed by atoms with Gasteiger partial charge in [0.25, 0.3) is 0 Å². The van der Waals surface area contributed by atoms with E-state index in [1.54, 1.807) is 20.4 Å². The number of imidazole rings is 1. The van der Waals surface area contributed by atoms with Gasteiger partial charge in [-0.3, -0.25) is 0 Å². The molecule has 25 heavy (non-hydrogen) atoms. The van der Waals surface area contributed by atoms with Gasteiger partial charge < -0.3 is 19.1 Å². The molecule has 0 radical (unpaired) electrons. The maximum absolute atomic E-state index is 10.8. The minimum absolute atomic E-state index is 0.278. The molecule has 0 saturated carbocycles. The van der Waals surface area contributed by atoms with Crippen LogP contribution in [0, 0.1) is 0 Å². The lowest BCUT2D eigenvalue weighted by atomic mass is 10.1. The van der Waals surface area contributed by atoms with Crippen molar-refractivity contribution < 1.29 is 14.6 Å². The number of hydrogen-bond acceptors (Lipinski definition) is 4. The van der Waals surface area contributed by atoms with Gasteiger partial charge >= 0.3 is 0 Å². The first-order valence-electron chi connectivity index (χ1n) is 7.76. The Kier molecular flexibility index (Phi) is 5.38. The molecule has 0 aliphatic rings. The third-order valence-corrected chi connectivity index (χ3v) is 4.21. The number of aromatic nitrogens is 2. The zero-order chi connectivity index (χ0) is 17.8. The Labute approximate surface area is 151 Å². The first kappa shape index (κ1) is 17.5. The summed E-state index contributed by atoms with van der Waals surface area (Å²) in [5.41, 5.74) is 2.52. The third-order valence-electron chi connectivity index (χ3n) is 3.96. The fourth-order valence-corrected chi connectivity index (χ4v) is 2.79. The van der Waals surface area contributed by atoms with Crippen LogP contribution in [0.15, 0.2) is 54.7 Å². The zero-order valence-electron chi connectivity index (χ0n) is 14.0. The fraction of sp³-hybridized carbons (Fsp3) is 0.211. The summed E-state index contributed by atoms with van der Waals surface area (Å²) < 4.78 is 12.3. The van der Waals surface area contributed by atoms with Crippen LogP contribution in [0.3, 0.4) is 0 Å². The molecule has 3 rings (SSSR count). The van der Waals surface area contributed by atoms with Gasteiger partial charge in [-0.25, -0.2) is 4.98 Å². The lowest BCUT2D eigenvalue weighted by Gasteiger charge is -2.16. The summed E-state index contributed by atoms with van der Waals surface area (Å²) >= 11 is 5.96. The molecular formula is C19H19ClN2O3. The van der Waals surface area contributed by atoms with Crippen LogP contribution in [0.25, 0.3) is 11.3 Å². The summed E-state index contributed by atoms with van der Waals surface area (Å²) in [6, 6.07) is 14.7. The van der Waals surface area contributed by atoms with Crippen LogP contribution in [-0.2, 0) is 11.5 Å². The number of ether oxygens (including phenoxy) is 2. The van der Waals surface area contributed by atoms with Crippen molar-refractivity contribution in [3.05, 3.63) is 71.1 Å². The molecule has 1 unspecified atom stereocenters. The van der Waals surface area contributed by atoms with Gasteiger partial charge in [0.15, 0.2) is 0 Å². The highest BCUT2D eigenvalue weighted by Gasteiger charge is 2.20. The second-order valence-electron chi connectivity index (χ2n) is 5.53. The third kappa shape index (κ3) is 3.69. The van der Waals surface area contributed by atoms with E-state index in [2.05, 4.69) is 4.98 Å². The normalized spacial score (nSPS) is 12.2. The average molecular weight is 359 g/mol. The Morgan fingerprint density at radius 1 is 1.08 bits per heavy atom. The molecule has 1 atom stereocenters. The van der Waals surface area contributed by atoms with Gasteiger partial charge in [-0.15, -0.1) is 0 Å². The monoisotopic (exact) mass is 358 g/mol. The van der Waals surface area contributed by atoms with Crippen molar-refractivity contribution in [2.75, 3.05) is 14.2 Å². The fourth-order valence-electron chi connectivity index (χ4n) is 2.66. The number of methoxy groups -OCH3 is 2. The Hall–Kier alpha value is -2.34. The van der Waals surface area contributed by atoms with Crippen LogP contribution < -0.4 is 4.74 Å². The number of hydrogen-bond donors (Lipinski definition) is 1. The summed E-state index contributed by atoms with van der Waals surface area (Å²) in [6.45, 7) is 0.278. The van der Waals surface area contributed by atoms with E-state index in [1.807, 2.05) is 53.1 Å². The molecule has 0 amide bonds. The minimum atomic E-state index is -0.873. The smallest absolute Gasteiger partial charge is 0.144 e. The Balaban J connectivity index is 1.99. The molecule has 0 bridgehead atoms. The van der Waals surface area contributed by atoms with Gasteiger partial charge in [-0.05, 0) is 35.4 Å². The van der Waals surface area contributed by atoms with E-state index >= 15 is 0 Å². The van der Waals surface area contributed by atoms with Crippen molar-refractivity contribution in [3.63, 3.8) is 0 Å². The number of aliphatic hydroxyl groups excluding tert-OH is 1. The minimum Gasteiger partial charge on any atom is -0.497 e. The highest BCUT2D eigenvalue weighted by atomic mass is 35.5. The summed E-state index contributed by atoms with van der Waals surface area (Å²) in [6.07, 6.45) is 0.853. The maximum Gasteiger partial charge on any atom is 0.144 e. The predicted molar refractivity (Wildman–Crippen MR) is 96.7 cm³/mol. The van der Waals surface area contributed by atoms with Gasteiger partial charge in [-0.2, -0.15) is 0 Å². The first-order chi connectivity index (χ1) is 12.1. The molecule has 5 nitrogen and oxygen atoms in total. The maximum atomic E-state index is 10.8. The Bertz CT molecular complexity index is 829. The van der Waals surface area contributed by atoms with E-state index in [0.717, 1.165) is 22.6 Å². The Morgan fingerprint density at radius 2 is 1.76 bits per heavy atom.